The van der Waals surface area contributed by atoms with E-state index in [-0.39, 0.29) is 0 Å². The third kappa shape index (κ3) is 2.13. The van der Waals surface area contributed by atoms with Gasteiger partial charge in [0.15, 0.2) is 0 Å². The lowest BCUT2D eigenvalue weighted by Gasteiger charge is -2.17. The van der Waals surface area contributed by atoms with Crippen molar-refractivity contribution >= 4 is 0 Å². The fourth-order valence-corrected chi connectivity index (χ4v) is 2.90. The summed E-state index contributed by atoms with van der Waals surface area (Å²) in [5.74, 6) is 0. The molecule has 3 rings (SSSR count). The zero-order chi connectivity index (χ0) is 10.8. The van der Waals surface area contributed by atoms with Crippen molar-refractivity contribution < 1.29 is 0 Å². The second kappa shape index (κ2) is 4.56. The van der Waals surface area contributed by atoms with Crippen LogP contribution in [-0.4, -0.2) is 24.0 Å². The Morgan fingerprint density at radius 1 is 1.19 bits per heavy atom. The number of hydrogen-bond acceptors (Lipinski definition) is 2. The molecule has 16 heavy (non-hydrogen) atoms. The van der Waals surface area contributed by atoms with E-state index in [0.29, 0.717) is 0 Å². The van der Waals surface area contributed by atoms with Crippen molar-refractivity contribution in [2.45, 2.75) is 38.4 Å². The van der Waals surface area contributed by atoms with Gasteiger partial charge >= 0.3 is 0 Å². The van der Waals surface area contributed by atoms with Crippen molar-refractivity contribution in [2.24, 2.45) is 0 Å². The lowest BCUT2D eigenvalue weighted by Crippen LogP contribution is -2.27. The second-order valence-electron chi connectivity index (χ2n) is 5.06. The molecule has 0 bridgehead atoms. The number of nitrogens with one attached hydrogen (secondary N) is 1. The molecule has 1 atom stereocenters. The largest absolute Gasteiger partial charge is 0.314 e. The van der Waals surface area contributed by atoms with E-state index in [0.717, 1.165) is 19.1 Å². The quantitative estimate of drug-likeness (QED) is 0.833. The minimum atomic E-state index is 0.781. The first-order chi connectivity index (χ1) is 7.92. The van der Waals surface area contributed by atoms with Crippen LogP contribution in [0.15, 0.2) is 24.3 Å². The van der Waals surface area contributed by atoms with Gasteiger partial charge in [0.2, 0.25) is 0 Å². The monoisotopic (exact) mass is 216 g/mol. The Morgan fingerprint density at radius 2 is 1.94 bits per heavy atom. The second-order valence-corrected chi connectivity index (χ2v) is 5.06. The molecule has 2 nitrogen and oxygen atoms in total. The molecule has 1 unspecified atom stereocenters. The maximum absolute atomic E-state index is 3.58. The maximum atomic E-state index is 3.58. The molecule has 0 saturated carbocycles. The summed E-state index contributed by atoms with van der Waals surface area (Å²) in [4.78, 5) is 2.57. The van der Waals surface area contributed by atoms with Gasteiger partial charge in [-0.05, 0) is 36.9 Å². The van der Waals surface area contributed by atoms with Crippen LogP contribution in [0.4, 0.5) is 0 Å². The van der Waals surface area contributed by atoms with E-state index in [9.17, 15) is 0 Å². The lowest BCUT2D eigenvalue weighted by molar-refractivity contribution is 0.268. The van der Waals surface area contributed by atoms with Gasteiger partial charge in [0.05, 0.1) is 0 Å². The van der Waals surface area contributed by atoms with E-state index in [2.05, 4.69) is 34.5 Å². The molecule has 0 aliphatic carbocycles. The number of rotatable bonds is 3. The fourth-order valence-electron chi connectivity index (χ4n) is 2.90. The summed E-state index contributed by atoms with van der Waals surface area (Å²) in [6, 6.07) is 9.62. The molecule has 0 spiro atoms. The molecular weight excluding hydrogens is 196 g/mol. The molecule has 1 N–H and O–H groups in total. The van der Waals surface area contributed by atoms with Crippen molar-refractivity contribution in [3.05, 3.63) is 35.4 Å². The average molecular weight is 216 g/mol. The summed E-state index contributed by atoms with van der Waals surface area (Å²) in [6.45, 7) is 4.78. The molecule has 2 heterocycles. The number of nitrogens with zero attached hydrogens (tertiary/aromatic N) is 1. The highest BCUT2D eigenvalue weighted by Crippen LogP contribution is 2.22. The van der Waals surface area contributed by atoms with E-state index in [1.807, 2.05) is 0 Å². The van der Waals surface area contributed by atoms with Gasteiger partial charge < -0.3 is 5.32 Å². The van der Waals surface area contributed by atoms with Crippen LogP contribution >= 0.6 is 0 Å². The minimum Gasteiger partial charge on any atom is -0.314 e. The van der Waals surface area contributed by atoms with Gasteiger partial charge in [-0.25, -0.2) is 0 Å². The van der Waals surface area contributed by atoms with Crippen LogP contribution in [0.1, 0.15) is 30.4 Å². The van der Waals surface area contributed by atoms with Gasteiger partial charge in [-0.1, -0.05) is 24.3 Å². The van der Waals surface area contributed by atoms with Gasteiger partial charge in [-0.2, -0.15) is 0 Å². The Hall–Kier alpha value is -0.860. The van der Waals surface area contributed by atoms with Crippen molar-refractivity contribution in [1.29, 1.82) is 0 Å². The minimum absolute atomic E-state index is 0.781. The van der Waals surface area contributed by atoms with Gasteiger partial charge in [0, 0.05) is 25.7 Å². The summed E-state index contributed by atoms with van der Waals surface area (Å²) >= 11 is 0. The van der Waals surface area contributed by atoms with Crippen molar-refractivity contribution in [1.82, 2.24) is 10.2 Å². The summed E-state index contributed by atoms with van der Waals surface area (Å²) in [6.07, 6.45) is 4.06. The van der Waals surface area contributed by atoms with Crippen LogP contribution in [0.2, 0.25) is 0 Å². The van der Waals surface area contributed by atoms with Crippen LogP contribution in [0, 0.1) is 0 Å². The van der Waals surface area contributed by atoms with Gasteiger partial charge in [-0.3, -0.25) is 4.90 Å². The summed E-state index contributed by atoms with van der Waals surface area (Å²) in [5, 5.41) is 3.58. The Labute approximate surface area is 97.6 Å². The molecule has 0 amide bonds. The number of fused-ring (bicyclic) bond motifs is 1. The van der Waals surface area contributed by atoms with E-state index in [1.54, 1.807) is 0 Å². The zero-order valence-corrected chi connectivity index (χ0v) is 9.78. The molecular formula is C14H20N2. The van der Waals surface area contributed by atoms with Crippen molar-refractivity contribution in [2.75, 3.05) is 13.1 Å². The molecule has 1 aromatic rings. The summed E-state index contributed by atoms with van der Waals surface area (Å²) in [5.41, 5.74) is 3.06. The fraction of sp³-hybridized carbons (Fsp3) is 0.571. The van der Waals surface area contributed by atoms with E-state index < -0.39 is 0 Å². The summed E-state index contributed by atoms with van der Waals surface area (Å²) < 4.78 is 0. The number of benzene rings is 1. The van der Waals surface area contributed by atoms with E-state index >= 15 is 0 Å². The van der Waals surface area contributed by atoms with E-state index in [1.165, 1.54) is 43.5 Å². The van der Waals surface area contributed by atoms with Gasteiger partial charge in [-0.15, -0.1) is 0 Å². The number of hydrogen-bond donors (Lipinski definition) is 1. The molecule has 86 valence electrons. The smallest absolute Gasteiger partial charge is 0.0240 e. The predicted octanol–water partition coefficient (Wildman–Crippen LogP) is 2.14. The maximum Gasteiger partial charge on any atom is 0.0240 e. The topological polar surface area (TPSA) is 15.3 Å². The molecule has 1 aromatic carbocycles. The Morgan fingerprint density at radius 3 is 2.56 bits per heavy atom. The summed E-state index contributed by atoms with van der Waals surface area (Å²) in [7, 11) is 0. The molecule has 1 saturated heterocycles. The normalized spacial score (nSPS) is 24.9. The SMILES string of the molecule is c1ccc2c(c1)CN(CCC1CCCN1)C2. The van der Waals surface area contributed by atoms with Crippen molar-refractivity contribution in [3.63, 3.8) is 0 Å². The van der Waals surface area contributed by atoms with Crippen LogP contribution in [-0.2, 0) is 13.1 Å². The highest BCUT2D eigenvalue weighted by atomic mass is 15.1. The van der Waals surface area contributed by atoms with Crippen LogP contribution in [0.3, 0.4) is 0 Å². The Kier molecular flexibility index (Phi) is 2.94. The molecule has 1 fully saturated rings. The third-order valence-corrected chi connectivity index (χ3v) is 3.86. The van der Waals surface area contributed by atoms with Crippen LogP contribution in [0.25, 0.3) is 0 Å². The van der Waals surface area contributed by atoms with Crippen LogP contribution < -0.4 is 5.32 Å². The van der Waals surface area contributed by atoms with E-state index in [4.69, 9.17) is 0 Å². The molecule has 0 aromatic heterocycles. The highest BCUT2D eigenvalue weighted by molar-refractivity contribution is 5.30. The first-order valence-electron chi connectivity index (χ1n) is 6.44. The van der Waals surface area contributed by atoms with Crippen molar-refractivity contribution in [3.8, 4) is 0 Å². The highest BCUT2D eigenvalue weighted by Gasteiger charge is 2.20. The zero-order valence-electron chi connectivity index (χ0n) is 9.78. The predicted molar refractivity (Wildman–Crippen MR) is 66.2 cm³/mol. The molecule has 0 radical (unpaired) electrons. The average Bonchev–Trinajstić information content (AvgIpc) is 2.95. The lowest BCUT2D eigenvalue weighted by atomic mass is 10.1. The molecule has 2 heteroatoms. The Bertz CT molecular complexity index is 331. The van der Waals surface area contributed by atoms with Gasteiger partial charge in [0.25, 0.3) is 0 Å². The standard InChI is InChI=1S/C14H20N2/c1-2-5-13-11-16(10-12(13)4-1)9-7-14-6-3-8-15-14/h1-2,4-5,14-15H,3,6-11H2. The van der Waals surface area contributed by atoms with Crippen LogP contribution in [0.5, 0.6) is 0 Å². The van der Waals surface area contributed by atoms with Gasteiger partial charge in [0.1, 0.15) is 0 Å². The molecule has 2 aliphatic heterocycles. The first kappa shape index (κ1) is 10.3. The Balaban J connectivity index is 1.52. The first-order valence-corrected chi connectivity index (χ1v) is 6.44. The third-order valence-electron chi connectivity index (χ3n) is 3.86. The molecule has 2 aliphatic rings.